The first-order valence-corrected chi connectivity index (χ1v) is 8.63. The van der Waals surface area contributed by atoms with Crippen molar-refractivity contribution in [3.63, 3.8) is 0 Å². The minimum atomic E-state index is -0.0213. The third-order valence-electron chi connectivity index (χ3n) is 4.51. The van der Waals surface area contributed by atoms with Gasteiger partial charge in [-0.15, -0.1) is 0 Å². The first kappa shape index (κ1) is 16.3. The van der Waals surface area contributed by atoms with Crippen molar-refractivity contribution in [2.75, 3.05) is 5.32 Å². The molecule has 3 heterocycles. The van der Waals surface area contributed by atoms with Crippen molar-refractivity contribution in [2.45, 2.75) is 26.8 Å². The van der Waals surface area contributed by atoms with Crippen LogP contribution >= 0.6 is 0 Å². The number of anilines is 1. The number of hydrogen-bond donors (Lipinski definition) is 1. The second-order valence-electron chi connectivity index (χ2n) is 6.37. The molecule has 0 aliphatic heterocycles. The van der Waals surface area contributed by atoms with Gasteiger partial charge >= 0.3 is 0 Å². The monoisotopic (exact) mass is 344 g/mol. The zero-order valence-electron chi connectivity index (χ0n) is 15.0. The molecule has 1 atom stereocenters. The largest absolute Gasteiger partial charge is 0.459 e. The number of fused-ring (bicyclic) bond motifs is 1. The van der Waals surface area contributed by atoms with Gasteiger partial charge in [-0.25, -0.2) is 9.97 Å². The van der Waals surface area contributed by atoms with Crippen LogP contribution in [0.2, 0.25) is 0 Å². The second-order valence-corrected chi connectivity index (χ2v) is 6.37. The smallest absolute Gasteiger partial charge is 0.180 e. The van der Waals surface area contributed by atoms with Crippen molar-refractivity contribution >= 4 is 16.8 Å². The summed E-state index contributed by atoms with van der Waals surface area (Å²) in [6.07, 6.45) is 1.75. The molecular formula is C21H20N4O. The lowest BCUT2D eigenvalue weighted by atomic mass is 10.2. The standard InChI is InChI=1S/C21H20N4O/c1-13-14(2)23-21(17-9-6-7-11-22-17)25-20(13)24-15(3)19-12-16-8-4-5-10-18(16)26-19/h4-12,15H,1-3H3,(H,23,24,25). The molecule has 0 aliphatic carbocycles. The van der Waals surface area contributed by atoms with Crippen molar-refractivity contribution in [2.24, 2.45) is 0 Å². The van der Waals surface area contributed by atoms with Crippen LogP contribution in [0.25, 0.3) is 22.5 Å². The van der Waals surface area contributed by atoms with Gasteiger partial charge in [0, 0.05) is 22.8 Å². The van der Waals surface area contributed by atoms with Crippen molar-refractivity contribution in [1.82, 2.24) is 15.0 Å². The minimum absolute atomic E-state index is 0.0213. The van der Waals surface area contributed by atoms with E-state index in [2.05, 4.69) is 28.3 Å². The van der Waals surface area contributed by atoms with Crippen LogP contribution in [0.4, 0.5) is 5.82 Å². The molecule has 5 heteroatoms. The zero-order valence-corrected chi connectivity index (χ0v) is 15.0. The topological polar surface area (TPSA) is 63.8 Å². The Kier molecular flexibility index (Phi) is 4.13. The first-order valence-electron chi connectivity index (χ1n) is 8.63. The van der Waals surface area contributed by atoms with Gasteiger partial charge in [0.2, 0.25) is 0 Å². The van der Waals surface area contributed by atoms with Crippen molar-refractivity contribution in [3.05, 3.63) is 71.7 Å². The summed E-state index contributed by atoms with van der Waals surface area (Å²) in [6.45, 7) is 6.07. The maximum atomic E-state index is 5.97. The van der Waals surface area contributed by atoms with Gasteiger partial charge in [0.1, 0.15) is 22.9 Å². The van der Waals surface area contributed by atoms with Crippen molar-refractivity contribution in [3.8, 4) is 11.5 Å². The van der Waals surface area contributed by atoms with Crippen LogP contribution in [0.3, 0.4) is 0 Å². The molecule has 0 amide bonds. The van der Waals surface area contributed by atoms with Gasteiger partial charge in [0.15, 0.2) is 5.82 Å². The van der Waals surface area contributed by atoms with E-state index in [1.165, 1.54) is 0 Å². The Bertz CT molecular complexity index is 1020. The molecule has 0 radical (unpaired) electrons. The first-order chi connectivity index (χ1) is 12.6. The third kappa shape index (κ3) is 3.04. The lowest BCUT2D eigenvalue weighted by Crippen LogP contribution is -2.11. The molecule has 130 valence electrons. The number of aryl methyl sites for hydroxylation is 1. The highest BCUT2D eigenvalue weighted by molar-refractivity contribution is 5.78. The Morgan fingerprint density at radius 1 is 1.00 bits per heavy atom. The van der Waals surface area contributed by atoms with E-state index < -0.39 is 0 Å². The summed E-state index contributed by atoms with van der Waals surface area (Å²) in [5, 5.41) is 4.56. The van der Waals surface area contributed by atoms with Gasteiger partial charge in [0.05, 0.1) is 6.04 Å². The number of benzene rings is 1. The lowest BCUT2D eigenvalue weighted by molar-refractivity contribution is 0.525. The molecular weight excluding hydrogens is 324 g/mol. The zero-order chi connectivity index (χ0) is 18.1. The molecule has 1 N–H and O–H groups in total. The van der Waals surface area contributed by atoms with E-state index in [0.29, 0.717) is 5.82 Å². The number of nitrogens with one attached hydrogen (secondary N) is 1. The van der Waals surface area contributed by atoms with Crippen LogP contribution in [0.15, 0.2) is 59.1 Å². The number of rotatable bonds is 4. The Hall–Kier alpha value is -3.21. The molecule has 0 saturated carbocycles. The summed E-state index contributed by atoms with van der Waals surface area (Å²) in [6, 6.07) is 15.8. The van der Waals surface area contributed by atoms with Crippen LogP contribution in [0.5, 0.6) is 0 Å². The Morgan fingerprint density at radius 3 is 2.58 bits per heavy atom. The fourth-order valence-corrected chi connectivity index (χ4v) is 2.87. The van der Waals surface area contributed by atoms with Gasteiger partial charge < -0.3 is 9.73 Å². The lowest BCUT2D eigenvalue weighted by Gasteiger charge is -2.16. The summed E-state index contributed by atoms with van der Waals surface area (Å²) in [5.74, 6) is 2.29. The highest BCUT2D eigenvalue weighted by Crippen LogP contribution is 2.28. The van der Waals surface area contributed by atoms with Crippen molar-refractivity contribution < 1.29 is 4.42 Å². The number of para-hydroxylation sites is 1. The molecule has 1 unspecified atom stereocenters. The molecule has 0 fully saturated rings. The second kappa shape index (κ2) is 6.59. The van der Waals surface area contributed by atoms with Gasteiger partial charge in [0.25, 0.3) is 0 Å². The molecule has 0 saturated heterocycles. The van der Waals surface area contributed by atoms with E-state index in [1.54, 1.807) is 6.20 Å². The van der Waals surface area contributed by atoms with Crippen LogP contribution in [-0.2, 0) is 0 Å². The SMILES string of the molecule is Cc1nc(-c2ccccn2)nc(NC(C)c2cc3ccccc3o2)c1C. The number of aromatic nitrogens is 3. The Morgan fingerprint density at radius 2 is 1.81 bits per heavy atom. The molecule has 4 aromatic rings. The predicted octanol–water partition coefficient (Wildman–Crippen LogP) is 5.07. The maximum Gasteiger partial charge on any atom is 0.180 e. The summed E-state index contributed by atoms with van der Waals surface area (Å²) in [5.41, 5.74) is 3.60. The Balaban J connectivity index is 1.67. The highest BCUT2D eigenvalue weighted by atomic mass is 16.3. The van der Waals surface area contributed by atoms with E-state index in [9.17, 15) is 0 Å². The van der Waals surface area contributed by atoms with Gasteiger partial charge in [-0.2, -0.15) is 0 Å². The minimum Gasteiger partial charge on any atom is -0.459 e. The van der Waals surface area contributed by atoms with Gasteiger partial charge in [-0.3, -0.25) is 4.98 Å². The van der Waals surface area contributed by atoms with Gasteiger partial charge in [-0.1, -0.05) is 24.3 Å². The maximum absolute atomic E-state index is 5.97. The van der Waals surface area contributed by atoms with Crippen LogP contribution in [0, 0.1) is 13.8 Å². The average Bonchev–Trinajstić information content (AvgIpc) is 3.10. The van der Waals surface area contributed by atoms with Crippen LogP contribution in [-0.4, -0.2) is 15.0 Å². The van der Waals surface area contributed by atoms with Crippen molar-refractivity contribution in [1.29, 1.82) is 0 Å². The summed E-state index contributed by atoms with van der Waals surface area (Å²) < 4.78 is 5.97. The summed E-state index contributed by atoms with van der Waals surface area (Å²) in [4.78, 5) is 13.6. The molecule has 5 nitrogen and oxygen atoms in total. The highest BCUT2D eigenvalue weighted by Gasteiger charge is 2.16. The molecule has 4 rings (SSSR count). The van der Waals surface area contributed by atoms with Crippen LogP contribution < -0.4 is 5.32 Å². The Labute approximate surface area is 152 Å². The number of pyridine rings is 1. The molecule has 3 aromatic heterocycles. The van der Waals surface area contributed by atoms with E-state index in [-0.39, 0.29) is 6.04 Å². The average molecular weight is 344 g/mol. The molecule has 0 spiro atoms. The number of hydrogen-bond acceptors (Lipinski definition) is 5. The third-order valence-corrected chi connectivity index (χ3v) is 4.51. The number of furan rings is 1. The molecule has 26 heavy (non-hydrogen) atoms. The number of nitrogens with zero attached hydrogens (tertiary/aromatic N) is 3. The van der Waals surface area contributed by atoms with Gasteiger partial charge in [-0.05, 0) is 45.0 Å². The quantitative estimate of drug-likeness (QED) is 0.559. The molecule has 1 aromatic carbocycles. The fraction of sp³-hybridized carbons (Fsp3) is 0.190. The van der Waals surface area contributed by atoms with E-state index in [1.807, 2.05) is 56.3 Å². The summed E-state index contributed by atoms with van der Waals surface area (Å²) >= 11 is 0. The van der Waals surface area contributed by atoms with E-state index in [4.69, 9.17) is 9.40 Å². The normalized spacial score (nSPS) is 12.3. The van der Waals surface area contributed by atoms with E-state index in [0.717, 1.165) is 39.5 Å². The molecule has 0 aliphatic rings. The van der Waals surface area contributed by atoms with E-state index >= 15 is 0 Å². The van der Waals surface area contributed by atoms with Crippen LogP contribution in [0.1, 0.15) is 30.0 Å². The predicted molar refractivity (Wildman–Crippen MR) is 103 cm³/mol. The summed E-state index contributed by atoms with van der Waals surface area (Å²) in [7, 11) is 0. The molecule has 0 bridgehead atoms. The fourth-order valence-electron chi connectivity index (χ4n) is 2.87.